The second-order valence-electron chi connectivity index (χ2n) is 7.30. The molecule has 0 saturated carbocycles. The van der Waals surface area contributed by atoms with Gasteiger partial charge in [-0.25, -0.2) is 0 Å². The molecule has 1 fully saturated rings. The number of aromatic nitrogens is 2. The standard InChI is InChI=1S/C24H23N5O3/c1-31-21-4-2-3-19(15-21)22-9-10-23(27-26-22)28-11-13-29(14-12-28)24(30)17-32-20-7-5-18(16-25)6-8-20/h2-10,15H,11-14,17H2,1H3. The van der Waals surface area contributed by atoms with Gasteiger partial charge >= 0.3 is 0 Å². The number of anilines is 1. The Hall–Kier alpha value is -4.12. The molecule has 32 heavy (non-hydrogen) atoms. The summed E-state index contributed by atoms with van der Waals surface area (Å²) in [6.07, 6.45) is 0. The summed E-state index contributed by atoms with van der Waals surface area (Å²) in [6.45, 7) is 2.51. The highest BCUT2D eigenvalue weighted by atomic mass is 16.5. The zero-order valence-electron chi connectivity index (χ0n) is 17.8. The Labute approximate surface area is 186 Å². The monoisotopic (exact) mass is 429 g/mol. The quantitative estimate of drug-likeness (QED) is 0.595. The molecule has 3 aromatic rings. The smallest absolute Gasteiger partial charge is 0.260 e. The third-order valence-corrected chi connectivity index (χ3v) is 5.32. The van der Waals surface area contributed by atoms with Crippen LogP contribution >= 0.6 is 0 Å². The number of nitrogens with zero attached hydrogens (tertiary/aromatic N) is 5. The zero-order valence-corrected chi connectivity index (χ0v) is 17.8. The SMILES string of the molecule is COc1cccc(-c2ccc(N3CCN(C(=O)COc4ccc(C#N)cc4)CC3)nn2)c1. The first-order chi connectivity index (χ1) is 15.7. The number of carbonyl (C=O) groups is 1. The summed E-state index contributed by atoms with van der Waals surface area (Å²) in [6, 6.07) is 20.4. The molecule has 8 nitrogen and oxygen atoms in total. The molecule has 2 aromatic carbocycles. The third-order valence-electron chi connectivity index (χ3n) is 5.32. The summed E-state index contributed by atoms with van der Waals surface area (Å²) in [5.41, 5.74) is 2.28. The molecule has 0 spiro atoms. The van der Waals surface area contributed by atoms with E-state index in [1.54, 1.807) is 36.3 Å². The number of benzene rings is 2. The molecule has 2 heterocycles. The van der Waals surface area contributed by atoms with Crippen molar-refractivity contribution in [3.05, 3.63) is 66.2 Å². The second kappa shape index (κ2) is 9.79. The maximum atomic E-state index is 12.5. The fourth-order valence-electron chi connectivity index (χ4n) is 3.48. The summed E-state index contributed by atoms with van der Waals surface area (Å²) in [5.74, 6) is 2.07. The molecule has 0 N–H and O–H groups in total. The van der Waals surface area contributed by atoms with Gasteiger partial charge in [0.2, 0.25) is 0 Å². The van der Waals surface area contributed by atoms with Crippen LogP contribution in [0.3, 0.4) is 0 Å². The average molecular weight is 429 g/mol. The van der Waals surface area contributed by atoms with E-state index in [2.05, 4.69) is 21.2 Å². The highest BCUT2D eigenvalue weighted by Gasteiger charge is 2.22. The number of ether oxygens (including phenoxy) is 2. The Morgan fingerprint density at radius 3 is 2.44 bits per heavy atom. The number of methoxy groups -OCH3 is 1. The maximum Gasteiger partial charge on any atom is 0.260 e. The lowest BCUT2D eigenvalue weighted by molar-refractivity contribution is -0.133. The fourth-order valence-corrected chi connectivity index (χ4v) is 3.48. The van der Waals surface area contributed by atoms with Gasteiger partial charge in [0.1, 0.15) is 11.5 Å². The van der Waals surface area contributed by atoms with E-state index in [0.29, 0.717) is 37.5 Å². The largest absolute Gasteiger partial charge is 0.497 e. The third kappa shape index (κ3) is 4.95. The molecule has 1 aliphatic heterocycles. The number of carbonyl (C=O) groups excluding carboxylic acids is 1. The highest BCUT2D eigenvalue weighted by molar-refractivity contribution is 5.78. The van der Waals surface area contributed by atoms with Crippen LogP contribution in [0.4, 0.5) is 5.82 Å². The molecule has 0 atom stereocenters. The maximum absolute atomic E-state index is 12.5. The van der Waals surface area contributed by atoms with Gasteiger partial charge in [-0.15, -0.1) is 10.2 Å². The van der Waals surface area contributed by atoms with Gasteiger partial charge in [-0.1, -0.05) is 12.1 Å². The molecule has 8 heteroatoms. The predicted molar refractivity (Wildman–Crippen MR) is 119 cm³/mol. The van der Waals surface area contributed by atoms with Crippen molar-refractivity contribution >= 4 is 11.7 Å². The van der Waals surface area contributed by atoms with Crippen molar-refractivity contribution in [1.82, 2.24) is 15.1 Å². The minimum Gasteiger partial charge on any atom is -0.497 e. The van der Waals surface area contributed by atoms with Gasteiger partial charge in [-0.05, 0) is 48.5 Å². The van der Waals surface area contributed by atoms with E-state index in [1.165, 1.54) is 0 Å². The van der Waals surface area contributed by atoms with Crippen molar-refractivity contribution in [1.29, 1.82) is 5.26 Å². The summed E-state index contributed by atoms with van der Waals surface area (Å²) >= 11 is 0. The lowest BCUT2D eigenvalue weighted by Crippen LogP contribution is -2.50. The Morgan fingerprint density at radius 2 is 1.78 bits per heavy atom. The molecule has 1 aromatic heterocycles. The summed E-state index contributed by atoms with van der Waals surface area (Å²) in [7, 11) is 1.64. The number of rotatable bonds is 6. The Bertz CT molecular complexity index is 1100. The van der Waals surface area contributed by atoms with Gasteiger partial charge in [-0.2, -0.15) is 5.26 Å². The van der Waals surface area contributed by atoms with Crippen molar-refractivity contribution in [2.75, 3.05) is 44.8 Å². The molecular weight excluding hydrogens is 406 g/mol. The molecule has 1 aliphatic rings. The van der Waals surface area contributed by atoms with E-state index < -0.39 is 0 Å². The second-order valence-corrected chi connectivity index (χ2v) is 7.30. The number of piperazine rings is 1. The van der Waals surface area contributed by atoms with Crippen LogP contribution in [-0.2, 0) is 4.79 Å². The van der Waals surface area contributed by atoms with Crippen molar-refractivity contribution in [3.63, 3.8) is 0 Å². The minimum atomic E-state index is -0.0616. The van der Waals surface area contributed by atoms with Crippen molar-refractivity contribution in [2.45, 2.75) is 0 Å². The first-order valence-electron chi connectivity index (χ1n) is 10.3. The summed E-state index contributed by atoms with van der Waals surface area (Å²) in [4.78, 5) is 16.4. The van der Waals surface area contributed by atoms with E-state index in [4.69, 9.17) is 14.7 Å². The Balaban J connectivity index is 1.29. The molecule has 1 saturated heterocycles. The van der Waals surface area contributed by atoms with Crippen LogP contribution in [0.2, 0.25) is 0 Å². The van der Waals surface area contributed by atoms with Gasteiger partial charge < -0.3 is 19.3 Å². The first-order valence-corrected chi connectivity index (χ1v) is 10.3. The van der Waals surface area contributed by atoms with Crippen LogP contribution in [0.5, 0.6) is 11.5 Å². The van der Waals surface area contributed by atoms with Crippen LogP contribution in [-0.4, -0.2) is 60.9 Å². The Kier molecular flexibility index (Phi) is 6.46. The summed E-state index contributed by atoms with van der Waals surface area (Å²) < 4.78 is 10.8. The minimum absolute atomic E-state index is 0.0268. The van der Waals surface area contributed by atoms with Gasteiger partial charge in [0, 0.05) is 31.7 Å². The zero-order chi connectivity index (χ0) is 22.3. The molecule has 0 radical (unpaired) electrons. The van der Waals surface area contributed by atoms with Crippen LogP contribution < -0.4 is 14.4 Å². The summed E-state index contributed by atoms with van der Waals surface area (Å²) in [5, 5.41) is 17.6. The van der Waals surface area contributed by atoms with Gasteiger partial charge in [0.15, 0.2) is 12.4 Å². The van der Waals surface area contributed by atoms with Crippen LogP contribution in [0.1, 0.15) is 5.56 Å². The van der Waals surface area contributed by atoms with Crippen molar-refractivity contribution in [3.8, 4) is 28.8 Å². The van der Waals surface area contributed by atoms with Crippen LogP contribution in [0.15, 0.2) is 60.7 Å². The predicted octanol–water partition coefficient (Wildman–Crippen LogP) is 2.75. The first kappa shape index (κ1) is 21.1. The molecule has 1 amide bonds. The Morgan fingerprint density at radius 1 is 1.00 bits per heavy atom. The topological polar surface area (TPSA) is 91.6 Å². The number of nitriles is 1. The fraction of sp³-hybridized carbons (Fsp3) is 0.250. The van der Waals surface area contributed by atoms with E-state index in [9.17, 15) is 4.79 Å². The highest BCUT2D eigenvalue weighted by Crippen LogP contribution is 2.23. The number of hydrogen-bond donors (Lipinski definition) is 0. The normalized spacial score (nSPS) is 13.4. The average Bonchev–Trinajstić information content (AvgIpc) is 2.88. The lowest BCUT2D eigenvalue weighted by Gasteiger charge is -2.35. The van der Waals surface area contributed by atoms with Gasteiger partial charge in [0.25, 0.3) is 5.91 Å². The molecule has 0 aliphatic carbocycles. The van der Waals surface area contributed by atoms with E-state index in [1.807, 2.05) is 36.4 Å². The van der Waals surface area contributed by atoms with Gasteiger partial charge in [0.05, 0.1) is 24.4 Å². The molecule has 162 valence electrons. The van der Waals surface area contributed by atoms with E-state index in [-0.39, 0.29) is 12.5 Å². The lowest BCUT2D eigenvalue weighted by atomic mass is 10.1. The van der Waals surface area contributed by atoms with Crippen molar-refractivity contribution < 1.29 is 14.3 Å². The van der Waals surface area contributed by atoms with Crippen molar-refractivity contribution in [2.24, 2.45) is 0 Å². The van der Waals surface area contributed by atoms with Gasteiger partial charge in [-0.3, -0.25) is 4.79 Å². The molecule has 0 bridgehead atoms. The number of hydrogen-bond acceptors (Lipinski definition) is 7. The van der Waals surface area contributed by atoms with E-state index >= 15 is 0 Å². The molecule has 4 rings (SSSR count). The number of amides is 1. The van der Waals surface area contributed by atoms with Crippen LogP contribution in [0, 0.1) is 11.3 Å². The molecular formula is C24H23N5O3. The van der Waals surface area contributed by atoms with Crippen LogP contribution in [0.25, 0.3) is 11.3 Å². The molecule has 0 unspecified atom stereocenters. The van der Waals surface area contributed by atoms with E-state index in [0.717, 1.165) is 22.8 Å².